The van der Waals surface area contributed by atoms with Crippen LogP contribution in [0.25, 0.3) is 5.69 Å². The van der Waals surface area contributed by atoms with Crippen LogP contribution in [-0.4, -0.2) is 37.5 Å². The fourth-order valence-electron chi connectivity index (χ4n) is 3.82. The van der Waals surface area contributed by atoms with E-state index < -0.39 is 10.0 Å². The third kappa shape index (κ3) is 4.59. The van der Waals surface area contributed by atoms with E-state index in [1.54, 1.807) is 22.9 Å². The first kappa shape index (κ1) is 21.8. The van der Waals surface area contributed by atoms with Gasteiger partial charge in [0, 0.05) is 23.0 Å². The van der Waals surface area contributed by atoms with Crippen molar-refractivity contribution in [3.8, 4) is 11.4 Å². The van der Waals surface area contributed by atoms with Gasteiger partial charge in [-0.3, -0.25) is 9.52 Å². The lowest BCUT2D eigenvalue weighted by Crippen LogP contribution is -2.16. The van der Waals surface area contributed by atoms with Crippen molar-refractivity contribution in [1.29, 1.82) is 0 Å². The van der Waals surface area contributed by atoms with Crippen LogP contribution in [0.3, 0.4) is 0 Å². The fraction of sp³-hybridized carbons (Fsp3) is 0.273. The van der Waals surface area contributed by atoms with Crippen LogP contribution in [0.15, 0.2) is 42.5 Å². The fourth-order valence-corrected chi connectivity index (χ4v) is 4.39. The molecule has 2 N–H and O–H groups in total. The molecule has 2 aromatic carbocycles. The Morgan fingerprint density at radius 1 is 1.12 bits per heavy atom. The number of amides is 1. The van der Waals surface area contributed by atoms with Gasteiger partial charge in [0.05, 0.1) is 24.7 Å². The summed E-state index contributed by atoms with van der Waals surface area (Å²) in [4.78, 5) is 13.1. The van der Waals surface area contributed by atoms with Crippen LogP contribution >= 0.6 is 0 Å². The van der Waals surface area contributed by atoms with Crippen molar-refractivity contribution in [3.05, 3.63) is 65.2 Å². The number of carbonyl (C=O) groups is 1. The van der Waals surface area contributed by atoms with Gasteiger partial charge < -0.3 is 10.1 Å². The van der Waals surface area contributed by atoms with Gasteiger partial charge in [-0.15, -0.1) is 0 Å². The highest BCUT2D eigenvalue weighted by atomic mass is 32.2. The lowest BCUT2D eigenvalue weighted by Gasteiger charge is -2.14. The number of methoxy groups -OCH3 is 1. The Hall–Kier alpha value is -3.40. The van der Waals surface area contributed by atoms with Gasteiger partial charge in [-0.1, -0.05) is 0 Å². The number of aromatic nitrogens is 2. The molecule has 1 aromatic heterocycles. The molecular formula is C22H23FN4O4S. The van der Waals surface area contributed by atoms with Crippen LogP contribution in [0.2, 0.25) is 0 Å². The molecule has 10 heteroatoms. The quantitative estimate of drug-likeness (QED) is 0.588. The summed E-state index contributed by atoms with van der Waals surface area (Å²) in [6.07, 6.45) is 4.52. The van der Waals surface area contributed by atoms with Crippen LogP contribution in [0.5, 0.6) is 5.75 Å². The van der Waals surface area contributed by atoms with E-state index in [0.29, 0.717) is 17.1 Å². The largest absolute Gasteiger partial charge is 0.494 e. The smallest absolute Gasteiger partial charge is 0.276 e. The molecule has 0 saturated carbocycles. The number of carbonyl (C=O) groups excluding carboxylic acids is 1. The normalized spacial score (nSPS) is 13.3. The molecule has 3 aromatic rings. The number of rotatable bonds is 6. The predicted molar refractivity (Wildman–Crippen MR) is 120 cm³/mol. The predicted octanol–water partition coefficient (Wildman–Crippen LogP) is 3.52. The minimum atomic E-state index is -3.48. The molecule has 8 nitrogen and oxygen atoms in total. The Balaban J connectivity index is 1.65. The topological polar surface area (TPSA) is 102 Å². The van der Waals surface area contributed by atoms with Gasteiger partial charge >= 0.3 is 0 Å². The van der Waals surface area contributed by atoms with Crippen molar-refractivity contribution in [2.45, 2.75) is 25.7 Å². The number of halogens is 1. The maximum Gasteiger partial charge on any atom is 0.276 e. The maximum atomic E-state index is 13.4. The molecular weight excluding hydrogens is 435 g/mol. The van der Waals surface area contributed by atoms with Crippen molar-refractivity contribution in [2.75, 3.05) is 23.4 Å². The van der Waals surface area contributed by atoms with Gasteiger partial charge in [-0.25, -0.2) is 17.5 Å². The SMILES string of the molecule is COc1cc(NC(=O)c2nn(-c3ccc(F)cc3)c3c2CCCC3)ccc1NS(C)(=O)=O. The lowest BCUT2D eigenvalue weighted by atomic mass is 9.95. The Kier molecular flexibility index (Phi) is 5.88. The van der Waals surface area contributed by atoms with E-state index in [2.05, 4.69) is 15.1 Å². The van der Waals surface area contributed by atoms with Crippen molar-refractivity contribution >= 4 is 27.3 Å². The van der Waals surface area contributed by atoms with Gasteiger partial charge in [-0.05, 0) is 62.1 Å². The van der Waals surface area contributed by atoms with Crippen molar-refractivity contribution in [3.63, 3.8) is 0 Å². The summed E-state index contributed by atoms with van der Waals surface area (Å²) in [6, 6.07) is 10.6. The van der Waals surface area contributed by atoms with E-state index in [0.717, 1.165) is 43.2 Å². The summed E-state index contributed by atoms with van der Waals surface area (Å²) in [6.45, 7) is 0. The first-order valence-corrected chi connectivity index (χ1v) is 12.0. The molecule has 0 spiro atoms. The van der Waals surface area contributed by atoms with E-state index in [9.17, 15) is 17.6 Å². The Bertz CT molecular complexity index is 1270. The van der Waals surface area contributed by atoms with Gasteiger partial charge in [0.25, 0.3) is 5.91 Å². The Morgan fingerprint density at radius 2 is 1.84 bits per heavy atom. The molecule has 0 atom stereocenters. The first-order valence-electron chi connectivity index (χ1n) is 10.1. The number of nitrogens with zero attached hydrogens (tertiary/aromatic N) is 2. The molecule has 1 aliphatic carbocycles. The molecule has 0 saturated heterocycles. The Labute approximate surface area is 185 Å². The minimum absolute atomic E-state index is 0.269. The molecule has 0 unspecified atom stereocenters. The second-order valence-corrected chi connectivity index (χ2v) is 9.36. The molecule has 1 heterocycles. The average Bonchev–Trinajstić information content (AvgIpc) is 3.14. The van der Waals surface area contributed by atoms with E-state index >= 15 is 0 Å². The summed E-state index contributed by atoms with van der Waals surface area (Å²) < 4.78 is 45.7. The highest BCUT2D eigenvalue weighted by Crippen LogP contribution is 2.30. The van der Waals surface area contributed by atoms with Crippen LogP contribution < -0.4 is 14.8 Å². The molecule has 0 aliphatic heterocycles. The van der Waals surface area contributed by atoms with Crippen LogP contribution in [-0.2, 0) is 22.9 Å². The molecule has 0 radical (unpaired) electrons. The standard InChI is InChI=1S/C22H23FN4O4S/c1-31-20-13-15(9-12-18(20)26-32(2,29)30)24-22(28)21-17-5-3-4-6-19(17)27(25-21)16-10-7-14(23)8-11-16/h7-13,26H,3-6H2,1-2H3,(H,24,28). The number of benzene rings is 2. The summed E-state index contributed by atoms with van der Waals surface area (Å²) in [5.74, 6) is -0.447. The monoisotopic (exact) mass is 458 g/mol. The third-order valence-corrected chi connectivity index (χ3v) is 5.81. The van der Waals surface area contributed by atoms with Crippen LogP contribution in [0.4, 0.5) is 15.8 Å². The zero-order valence-corrected chi connectivity index (χ0v) is 18.5. The van der Waals surface area contributed by atoms with Crippen molar-refractivity contribution < 1.29 is 22.3 Å². The molecule has 1 amide bonds. The number of hydrogen-bond donors (Lipinski definition) is 2. The van der Waals surface area contributed by atoms with Crippen molar-refractivity contribution in [2.24, 2.45) is 0 Å². The number of nitrogens with one attached hydrogen (secondary N) is 2. The number of ether oxygens (including phenoxy) is 1. The van der Waals surface area contributed by atoms with Crippen LogP contribution in [0.1, 0.15) is 34.6 Å². The zero-order chi connectivity index (χ0) is 22.9. The molecule has 168 valence electrons. The van der Waals surface area contributed by atoms with E-state index in [1.807, 2.05) is 0 Å². The molecule has 32 heavy (non-hydrogen) atoms. The minimum Gasteiger partial charge on any atom is -0.494 e. The lowest BCUT2D eigenvalue weighted by molar-refractivity contribution is 0.102. The zero-order valence-electron chi connectivity index (χ0n) is 17.7. The van der Waals surface area contributed by atoms with Gasteiger partial charge in [0.1, 0.15) is 11.6 Å². The summed E-state index contributed by atoms with van der Waals surface area (Å²) >= 11 is 0. The highest BCUT2D eigenvalue weighted by Gasteiger charge is 2.26. The first-order chi connectivity index (χ1) is 15.2. The number of sulfonamides is 1. The van der Waals surface area contributed by atoms with E-state index in [1.165, 1.54) is 31.4 Å². The number of hydrogen-bond acceptors (Lipinski definition) is 5. The second-order valence-electron chi connectivity index (χ2n) is 7.61. The number of anilines is 2. The maximum absolute atomic E-state index is 13.4. The Morgan fingerprint density at radius 3 is 2.53 bits per heavy atom. The van der Waals surface area contributed by atoms with Gasteiger partial charge in [0.2, 0.25) is 10.0 Å². The summed E-state index contributed by atoms with van der Waals surface area (Å²) in [7, 11) is -2.07. The molecule has 1 aliphatic rings. The molecule has 0 bridgehead atoms. The van der Waals surface area contributed by atoms with Gasteiger partial charge in [0.15, 0.2) is 5.69 Å². The van der Waals surface area contributed by atoms with Crippen LogP contribution in [0, 0.1) is 5.82 Å². The van der Waals surface area contributed by atoms with E-state index in [-0.39, 0.29) is 23.2 Å². The molecule has 4 rings (SSSR count). The van der Waals surface area contributed by atoms with Gasteiger partial charge in [-0.2, -0.15) is 5.10 Å². The highest BCUT2D eigenvalue weighted by molar-refractivity contribution is 7.92. The molecule has 0 fully saturated rings. The van der Waals surface area contributed by atoms with Crippen molar-refractivity contribution in [1.82, 2.24) is 9.78 Å². The summed E-state index contributed by atoms with van der Waals surface area (Å²) in [5, 5.41) is 7.37. The summed E-state index contributed by atoms with van der Waals surface area (Å²) in [5.41, 5.74) is 3.57. The third-order valence-electron chi connectivity index (χ3n) is 5.22. The average molecular weight is 459 g/mol. The number of fused-ring (bicyclic) bond motifs is 1. The van der Waals surface area contributed by atoms with E-state index in [4.69, 9.17) is 4.74 Å². The second kappa shape index (κ2) is 8.62.